The van der Waals surface area contributed by atoms with E-state index in [1.165, 1.54) is 0 Å². The molecule has 0 atom stereocenters. The van der Waals surface area contributed by atoms with Gasteiger partial charge in [-0.1, -0.05) is 0 Å². The van der Waals surface area contributed by atoms with E-state index in [2.05, 4.69) is 22.2 Å². The lowest BCUT2D eigenvalue weighted by Gasteiger charge is -2.33. The van der Waals surface area contributed by atoms with Crippen molar-refractivity contribution in [3.8, 4) is 0 Å². The second-order valence-electron chi connectivity index (χ2n) is 5.87. The Morgan fingerprint density at radius 2 is 2.17 bits per heavy atom. The number of aryl methyl sites for hydroxylation is 1. The second kappa shape index (κ2) is 9.95. The van der Waals surface area contributed by atoms with Crippen LogP contribution in [-0.2, 0) is 16.1 Å². The molecule has 7 heteroatoms. The molecular weight excluding hydrogens is 306 g/mol. The summed E-state index contributed by atoms with van der Waals surface area (Å²) in [6.45, 7) is 8.55. The van der Waals surface area contributed by atoms with Gasteiger partial charge in [-0.2, -0.15) is 5.10 Å². The van der Waals surface area contributed by atoms with Crippen LogP contribution in [0.15, 0.2) is 23.5 Å². The lowest BCUT2D eigenvalue weighted by Crippen LogP contribution is -2.46. The van der Waals surface area contributed by atoms with Crippen molar-refractivity contribution in [2.75, 3.05) is 32.8 Å². The molecule has 0 saturated carbocycles. The number of rotatable bonds is 7. The first-order chi connectivity index (χ1) is 11.7. The third-order valence-corrected chi connectivity index (χ3v) is 4.12. The summed E-state index contributed by atoms with van der Waals surface area (Å²) in [5.74, 6) is 0.919. The molecule has 1 aliphatic rings. The number of nitrogens with one attached hydrogen (secondary N) is 1. The highest BCUT2D eigenvalue weighted by Crippen LogP contribution is 2.18. The largest absolute Gasteiger partial charge is 0.466 e. The molecule has 1 saturated heterocycles. The molecule has 1 aromatic rings. The average Bonchev–Trinajstić information content (AvgIpc) is 3.11. The molecule has 0 spiro atoms. The molecule has 1 aromatic heterocycles. The molecule has 0 unspecified atom stereocenters. The SMILES string of the molecule is CCNC(=NCCCn1cccn1)N1CCC(C(=O)OCC)CC1. The second-order valence-corrected chi connectivity index (χ2v) is 5.87. The summed E-state index contributed by atoms with van der Waals surface area (Å²) in [4.78, 5) is 18.8. The van der Waals surface area contributed by atoms with Gasteiger partial charge in [0.15, 0.2) is 5.96 Å². The number of hydrogen-bond acceptors (Lipinski definition) is 4. The zero-order chi connectivity index (χ0) is 17.2. The van der Waals surface area contributed by atoms with Gasteiger partial charge in [0.2, 0.25) is 0 Å². The van der Waals surface area contributed by atoms with Crippen molar-refractivity contribution in [3.05, 3.63) is 18.5 Å². The number of aliphatic imine (C=N–C) groups is 1. The van der Waals surface area contributed by atoms with E-state index in [4.69, 9.17) is 9.73 Å². The average molecular weight is 335 g/mol. The quantitative estimate of drug-likeness (QED) is 0.354. The molecule has 0 radical (unpaired) electrons. The molecule has 2 heterocycles. The number of likely N-dealkylation sites (tertiary alicyclic amines) is 1. The number of esters is 1. The first-order valence-electron chi connectivity index (χ1n) is 8.92. The summed E-state index contributed by atoms with van der Waals surface area (Å²) in [5.41, 5.74) is 0. The van der Waals surface area contributed by atoms with Crippen molar-refractivity contribution in [1.29, 1.82) is 0 Å². The summed E-state index contributed by atoms with van der Waals surface area (Å²) < 4.78 is 7.05. The Morgan fingerprint density at radius 1 is 1.38 bits per heavy atom. The van der Waals surface area contributed by atoms with Crippen molar-refractivity contribution in [2.45, 2.75) is 39.7 Å². The van der Waals surface area contributed by atoms with E-state index in [-0.39, 0.29) is 11.9 Å². The number of carbonyl (C=O) groups is 1. The van der Waals surface area contributed by atoms with Crippen LogP contribution in [0.2, 0.25) is 0 Å². The van der Waals surface area contributed by atoms with Gasteiger partial charge in [-0.3, -0.25) is 14.5 Å². The van der Waals surface area contributed by atoms with Crippen LogP contribution in [0.4, 0.5) is 0 Å². The van der Waals surface area contributed by atoms with Crippen molar-refractivity contribution >= 4 is 11.9 Å². The molecule has 0 bridgehead atoms. The predicted octanol–water partition coefficient (Wildman–Crippen LogP) is 1.51. The highest BCUT2D eigenvalue weighted by molar-refractivity contribution is 5.80. The molecule has 0 aliphatic carbocycles. The van der Waals surface area contributed by atoms with Gasteiger partial charge in [0.05, 0.1) is 12.5 Å². The highest BCUT2D eigenvalue weighted by Gasteiger charge is 2.27. The predicted molar refractivity (Wildman–Crippen MR) is 93.8 cm³/mol. The molecule has 134 valence electrons. The molecule has 0 aromatic carbocycles. The number of hydrogen-bond donors (Lipinski definition) is 1. The van der Waals surface area contributed by atoms with Crippen LogP contribution in [0.3, 0.4) is 0 Å². The maximum absolute atomic E-state index is 11.8. The highest BCUT2D eigenvalue weighted by atomic mass is 16.5. The van der Waals surface area contributed by atoms with Gasteiger partial charge in [0.25, 0.3) is 0 Å². The van der Waals surface area contributed by atoms with Crippen LogP contribution >= 0.6 is 0 Å². The van der Waals surface area contributed by atoms with Gasteiger partial charge in [-0.05, 0) is 39.2 Å². The Kier molecular flexibility index (Phi) is 7.58. The van der Waals surface area contributed by atoms with Crippen LogP contribution in [0.25, 0.3) is 0 Å². The fraction of sp³-hybridized carbons (Fsp3) is 0.706. The lowest BCUT2D eigenvalue weighted by atomic mass is 9.97. The maximum Gasteiger partial charge on any atom is 0.309 e. The topological polar surface area (TPSA) is 71.8 Å². The first kappa shape index (κ1) is 18.3. The van der Waals surface area contributed by atoms with E-state index in [0.717, 1.165) is 57.9 Å². The van der Waals surface area contributed by atoms with E-state index in [1.54, 1.807) is 6.20 Å². The molecule has 0 amide bonds. The van der Waals surface area contributed by atoms with Crippen molar-refractivity contribution in [1.82, 2.24) is 20.0 Å². The summed E-state index contributed by atoms with van der Waals surface area (Å²) in [6, 6.07) is 1.93. The molecule has 1 fully saturated rings. The van der Waals surface area contributed by atoms with Crippen LogP contribution in [0.5, 0.6) is 0 Å². The van der Waals surface area contributed by atoms with Gasteiger partial charge in [0, 0.05) is 45.1 Å². The van der Waals surface area contributed by atoms with E-state index < -0.39 is 0 Å². The summed E-state index contributed by atoms with van der Waals surface area (Å²) in [6.07, 6.45) is 6.37. The number of nitrogens with zero attached hydrogens (tertiary/aromatic N) is 4. The first-order valence-corrected chi connectivity index (χ1v) is 8.92. The fourth-order valence-electron chi connectivity index (χ4n) is 2.86. The minimum atomic E-state index is -0.0571. The summed E-state index contributed by atoms with van der Waals surface area (Å²) >= 11 is 0. The standard InChI is InChI=1S/C17H29N5O2/c1-3-18-17(19-9-5-11-22-12-6-10-20-22)21-13-7-15(8-14-21)16(23)24-4-2/h6,10,12,15H,3-5,7-9,11,13-14H2,1-2H3,(H,18,19). The Hall–Kier alpha value is -2.05. The van der Waals surface area contributed by atoms with Crippen LogP contribution < -0.4 is 5.32 Å². The fourth-order valence-corrected chi connectivity index (χ4v) is 2.86. The zero-order valence-electron chi connectivity index (χ0n) is 14.8. The Bertz CT molecular complexity index is 507. The van der Waals surface area contributed by atoms with Crippen LogP contribution in [0, 0.1) is 5.92 Å². The van der Waals surface area contributed by atoms with E-state index in [0.29, 0.717) is 6.61 Å². The monoisotopic (exact) mass is 335 g/mol. The number of aromatic nitrogens is 2. The third kappa shape index (κ3) is 5.54. The zero-order valence-corrected chi connectivity index (χ0v) is 14.8. The smallest absolute Gasteiger partial charge is 0.309 e. The van der Waals surface area contributed by atoms with Crippen LogP contribution in [0.1, 0.15) is 33.1 Å². The van der Waals surface area contributed by atoms with Gasteiger partial charge < -0.3 is 15.0 Å². The van der Waals surface area contributed by atoms with E-state index >= 15 is 0 Å². The lowest BCUT2D eigenvalue weighted by molar-refractivity contribution is -0.149. The van der Waals surface area contributed by atoms with Gasteiger partial charge in [-0.15, -0.1) is 0 Å². The van der Waals surface area contributed by atoms with Crippen molar-refractivity contribution < 1.29 is 9.53 Å². The minimum absolute atomic E-state index is 0.0314. The molecular formula is C17H29N5O2. The number of carbonyl (C=O) groups excluding carboxylic acids is 1. The normalized spacial score (nSPS) is 16.2. The number of ether oxygens (including phenoxy) is 1. The summed E-state index contributed by atoms with van der Waals surface area (Å²) in [7, 11) is 0. The molecule has 1 aliphatic heterocycles. The minimum Gasteiger partial charge on any atom is -0.466 e. The third-order valence-electron chi connectivity index (χ3n) is 4.12. The maximum atomic E-state index is 11.8. The molecule has 24 heavy (non-hydrogen) atoms. The van der Waals surface area contributed by atoms with Crippen molar-refractivity contribution in [3.63, 3.8) is 0 Å². The number of piperidine rings is 1. The summed E-state index contributed by atoms with van der Waals surface area (Å²) in [5, 5.41) is 7.55. The van der Waals surface area contributed by atoms with E-state index in [1.807, 2.05) is 23.9 Å². The Balaban J connectivity index is 1.79. The van der Waals surface area contributed by atoms with Crippen molar-refractivity contribution in [2.24, 2.45) is 10.9 Å². The Labute approximate surface area is 144 Å². The molecule has 7 nitrogen and oxygen atoms in total. The Morgan fingerprint density at radius 3 is 2.79 bits per heavy atom. The van der Waals surface area contributed by atoms with Gasteiger partial charge in [-0.25, -0.2) is 0 Å². The van der Waals surface area contributed by atoms with Gasteiger partial charge in [0.1, 0.15) is 0 Å². The van der Waals surface area contributed by atoms with Crippen LogP contribution in [-0.4, -0.2) is 59.4 Å². The number of guanidine groups is 1. The molecule has 2 rings (SSSR count). The van der Waals surface area contributed by atoms with E-state index in [9.17, 15) is 4.79 Å². The van der Waals surface area contributed by atoms with Gasteiger partial charge >= 0.3 is 5.97 Å². The molecule has 1 N–H and O–H groups in total.